The number of rotatable bonds is 7. The van der Waals surface area contributed by atoms with Crippen molar-refractivity contribution in [1.82, 2.24) is 0 Å². The zero-order valence-electron chi connectivity index (χ0n) is 16.8. The first kappa shape index (κ1) is 20.1. The van der Waals surface area contributed by atoms with Crippen LogP contribution in [0.4, 0.5) is 5.69 Å². The number of methoxy groups -OCH3 is 4. The lowest BCUT2D eigenvalue weighted by Gasteiger charge is -2.13. The molecule has 0 unspecified atom stereocenters. The molecule has 0 spiro atoms. The maximum atomic E-state index is 12.7. The van der Waals surface area contributed by atoms with Gasteiger partial charge in [-0.25, -0.2) is 0 Å². The summed E-state index contributed by atoms with van der Waals surface area (Å²) < 4.78 is 21.2. The van der Waals surface area contributed by atoms with Crippen molar-refractivity contribution in [2.75, 3.05) is 33.8 Å². The molecule has 0 saturated heterocycles. The number of nitrogens with one attached hydrogen (secondary N) is 1. The SMILES string of the molecule is COc1ccc(-c2cc(NC(=O)c3ccc(OC)c(OC)c3)ccc2OC)cc1. The number of amides is 1. The number of hydrogen-bond donors (Lipinski definition) is 1. The highest BCUT2D eigenvalue weighted by molar-refractivity contribution is 6.05. The minimum atomic E-state index is -0.253. The Bertz CT molecular complexity index is 999. The molecule has 1 amide bonds. The van der Waals surface area contributed by atoms with Crippen molar-refractivity contribution in [3.05, 3.63) is 66.2 Å². The smallest absolute Gasteiger partial charge is 0.255 e. The van der Waals surface area contributed by atoms with E-state index in [2.05, 4.69) is 5.32 Å². The molecule has 0 saturated carbocycles. The van der Waals surface area contributed by atoms with Crippen molar-refractivity contribution in [3.8, 4) is 34.1 Å². The summed E-state index contributed by atoms with van der Waals surface area (Å²) in [5, 5.41) is 2.92. The molecule has 3 rings (SSSR count). The number of ether oxygens (including phenoxy) is 4. The third-order valence-corrected chi connectivity index (χ3v) is 4.50. The second-order valence-electron chi connectivity index (χ2n) is 6.17. The van der Waals surface area contributed by atoms with Gasteiger partial charge >= 0.3 is 0 Å². The highest BCUT2D eigenvalue weighted by Crippen LogP contribution is 2.34. The fourth-order valence-electron chi connectivity index (χ4n) is 2.96. The van der Waals surface area contributed by atoms with Crippen molar-refractivity contribution < 1.29 is 23.7 Å². The molecule has 3 aromatic rings. The van der Waals surface area contributed by atoms with Crippen LogP contribution in [0.1, 0.15) is 10.4 Å². The Morgan fingerprint density at radius 2 is 1.34 bits per heavy atom. The van der Waals surface area contributed by atoms with Gasteiger partial charge in [0, 0.05) is 16.8 Å². The van der Waals surface area contributed by atoms with Crippen LogP contribution in [-0.2, 0) is 0 Å². The number of hydrogen-bond acceptors (Lipinski definition) is 5. The lowest BCUT2D eigenvalue weighted by molar-refractivity contribution is 0.102. The zero-order valence-corrected chi connectivity index (χ0v) is 16.8. The fraction of sp³-hybridized carbons (Fsp3) is 0.174. The van der Waals surface area contributed by atoms with E-state index < -0.39 is 0 Å². The molecule has 0 heterocycles. The van der Waals surface area contributed by atoms with Crippen LogP contribution in [0, 0.1) is 0 Å². The van der Waals surface area contributed by atoms with Gasteiger partial charge < -0.3 is 24.3 Å². The molecule has 150 valence electrons. The first-order valence-corrected chi connectivity index (χ1v) is 8.95. The van der Waals surface area contributed by atoms with Crippen molar-refractivity contribution in [1.29, 1.82) is 0 Å². The van der Waals surface area contributed by atoms with Crippen LogP contribution in [0.3, 0.4) is 0 Å². The topological polar surface area (TPSA) is 66.0 Å². The van der Waals surface area contributed by atoms with Crippen LogP contribution in [0.2, 0.25) is 0 Å². The Morgan fingerprint density at radius 1 is 0.690 bits per heavy atom. The highest BCUT2D eigenvalue weighted by Gasteiger charge is 2.13. The maximum absolute atomic E-state index is 12.7. The van der Waals surface area contributed by atoms with Crippen LogP contribution in [0.15, 0.2) is 60.7 Å². The van der Waals surface area contributed by atoms with Crippen molar-refractivity contribution in [3.63, 3.8) is 0 Å². The first-order chi connectivity index (χ1) is 14.1. The molecule has 0 aliphatic carbocycles. The second kappa shape index (κ2) is 9.01. The molecule has 6 heteroatoms. The molecule has 0 fully saturated rings. The summed E-state index contributed by atoms with van der Waals surface area (Å²) in [5.41, 5.74) is 2.92. The van der Waals surface area contributed by atoms with E-state index in [0.717, 1.165) is 16.9 Å². The van der Waals surface area contributed by atoms with E-state index in [9.17, 15) is 4.79 Å². The molecular formula is C23H23NO5. The fourth-order valence-corrected chi connectivity index (χ4v) is 2.96. The largest absolute Gasteiger partial charge is 0.497 e. The van der Waals surface area contributed by atoms with Crippen LogP contribution in [0.5, 0.6) is 23.0 Å². The van der Waals surface area contributed by atoms with E-state index in [4.69, 9.17) is 18.9 Å². The molecule has 0 aliphatic rings. The Hall–Kier alpha value is -3.67. The van der Waals surface area contributed by atoms with E-state index in [1.54, 1.807) is 45.6 Å². The Morgan fingerprint density at radius 3 is 1.97 bits per heavy atom. The predicted octanol–water partition coefficient (Wildman–Crippen LogP) is 4.64. The highest BCUT2D eigenvalue weighted by atomic mass is 16.5. The summed E-state index contributed by atoms with van der Waals surface area (Å²) in [7, 11) is 6.32. The minimum absolute atomic E-state index is 0.253. The molecule has 0 bridgehead atoms. The third kappa shape index (κ3) is 4.43. The number of anilines is 1. The Kier molecular flexibility index (Phi) is 6.24. The summed E-state index contributed by atoms with van der Waals surface area (Å²) in [6.07, 6.45) is 0. The van der Waals surface area contributed by atoms with Gasteiger partial charge in [0.15, 0.2) is 11.5 Å². The number of carbonyl (C=O) groups is 1. The second-order valence-corrected chi connectivity index (χ2v) is 6.17. The van der Waals surface area contributed by atoms with Crippen LogP contribution < -0.4 is 24.3 Å². The Labute approximate surface area is 170 Å². The molecule has 3 aromatic carbocycles. The normalized spacial score (nSPS) is 10.2. The third-order valence-electron chi connectivity index (χ3n) is 4.50. The monoisotopic (exact) mass is 393 g/mol. The van der Waals surface area contributed by atoms with E-state index >= 15 is 0 Å². The molecule has 0 atom stereocenters. The van der Waals surface area contributed by atoms with Crippen LogP contribution in [-0.4, -0.2) is 34.3 Å². The van der Waals surface area contributed by atoms with Gasteiger partial charge in [0.2, 0.25) is 0 Å². The van der Waals surface area contributed by atoms with E-state index in [1.807, 2.05) is 36.4 Å². The number of carbonyl (C=O) groups excluding carboxylic acids is 1. The Balaban J connectivity index is 1.88. The van der Waals surface area contributed by atoms with Gasteiger partial charge in [-0.15, -0.1) is 0 Å². The molecular weight excluding hydrogens is 370 g/mol. The van der Waals surface area contributed by atoms with Crippen molar-refractivity contribution >= 4 is 11.6 Å². The predicted molar refractivity (Wildman–Crippen MR) is 112 cm³/mol. The van der Waals surface area contributed by atoms with Gasteiger partial charge in [-0.05, 0) is 54.1 Å². The van der Waals surface area contributed by atoms with Gasteiger partial charge in [-0.3, -0.25) is 4.79 Å². The lowest BCUT2D eigenvalue weighted by atomic mass is 10.0. The summed E-state index contributed by atoms with van der Waals surface area (Å²) in [6.45, 7) is 0. The zero-order chi connectivity index (χ0) is 20.8. The molecule has 29 heavy (non-hydrogen) atoms. The molecule has 6 nitrogen and oxygen atoms in total. The minimum Gasteiger partial charge on any atom is -0.497 e. The average molecular weight is 393 g/mol. The van der Waals surface area contributed by atoms with Crippen LogP contribution in [0.25, 0.3) is 11.1 Å². The van der Waals surface area contributed by atoms with Crippen molar-refractivity contribution in [2.24, 2.45) is 0 Å². The van der Waals surface area contributed by atoms with Crippen LogP contribution >= 0.6 is 0 Å². The summed E-state index contributed by atoms with van der Waals surface area (Å²) >= 11 is 0. The summed E-state index contributed by atoms with van der Waals surface area (Å²) in [6, 6.07) is 18.2. The van der Waals surface area contributed by atoms with Gasteiger partial charge in [-0.2, -0.15) is 0 Å². The molecule has 0 aliphatic heterocycles. The molecule has 0 aromatic heterocycles. The summed E-state index contributed by atoms with van der Waals surface area (Å²) in [5.74, 6) is 2.28. The quantitative estimate of drug-likeness (QED) is 0.633. The van der Waals surface area contributed by atoms with E-state index in [-0.39, 0.29) is 5.91 Å². The average Bonchev–Trinajstić information content (AvgIpc) is 2.78. The van der Waals surface area contributed by atoms with E-state index in [1.165, 1.54) is 7.11 Å². The standard InChI is InChI=1S/C23H23NO5/c1-26-18-9-5-15(6-10-18)19-14-17(8-12-20(19)27-2)24-23(25)16-7-11-21(28-3)22(13-16)29-4/h5-14H,1-4H3,(H,24,25). The van der Waals surface area contributed by atoms with E-state index in [0.29, 0.717) is 28.5 Å². The van der Waals surface area contributed by atoms with Crippen molar-refractivity contribution in [2.45, 2.75) is 0 Å². The first-order valence-electron chi connectivity index (χ1n) is 8.95. The summed E-state index contributed by atoms with van der Waals surface area (Å²) in [4.78, 5) is 12.7. The van der Waals surface area contributed by atoms with Gasteiger partial charge in [-0.1, -0.05) is 12.1 Å². The van der Waals surface area contributed by atoms with Gasteiger partial charge in [0.05, 0.1) is 28.4 Å². The molecule has 0 radical (unpaired) electrons. The maximum Gasteiger partial charge on any atom is 0.255 e. The van der Waals surface area contributed by atoms with Gasteiger partial charge in [0.1, 0.15) is 11.5 Å². The van der Waals surface area contributed by atoms with Gasteiger partial charge in [0.25, 0.3) is 5.91 Å². The number of benzene rings is 3. The lowest BCUT2D eigenvalue weighted by Crippen LogP contribution is -2.12. The molecule has 1 N–H and O–H groups in total.